The van der Waals surface area contributed by atoms with E-state index in [1.807, 2.05) is 42.5 Å². The first-order chi connectivity index (χ1) is 9.69. The maximum absolute atomic E-state index is 12.1. The van der Waals surface area contributed by atoms with Crippen LogP contribution in [0.25, 0.3) is 11.0 Å². The quantitative estimate of drug-likeness (QED) is 0.805. The van der Waals surface area contributed by atoms with Crippen LogP contribution in [0.2, 0.25) is 5.02 Å². The first-order valence-electron chi connectivity index (χ1n) is 6.19. The van der Waals surface area contributed by atoms with Gasteiger partial charge in [0.25, 0.3) is 0 Å². The van der Waals surface area contributed by atoms with E-state index in [-0.39, 0.29) is 5.69 Å². The second kappa shape index (κ2) is 5.06. The van der Waals surface area contributed by atoms with Crippen molar-refractivity contribution in [2.24, 2.45) is 0 Å². The molecule has 0 fully saturated rings. The van der Waals surface area contributed by atoms with Gasteiger partial charge in [-0.05, 0) is 23.8 Å². The minimum atomic E-state index is -0.159. The molecule has 3 rings (SSSR count). The molecule has 4 nitrogen and oxygen atoms in total. The van der Waals surface area contributed by atoms with Crippen molar-refractivity contribution in [2.75, 3.05) is 7.11 Å². The molecule has 1 heterocycles. The second-order valence-electron chi connectivity index (χ2n) is 4.49. The van der Waals surface area contributed by atoms with Gasteiger partial charge in [-0.3, -0.25) is 4.57 Å². The van der Waals surface area contributed by atoms with Gasteiger partial charge < -0.3 is 9.72 Å². The Morgan fingerprint density at radius 1 is 1.25 bits per heavy atom. The molecule has 20 heavy (non-hydrogen) atoms. The highest BCUT2D eigenvalue weighted by Gasteiger charge is 2.09. The molecule has 0 bridgehead atoms. The van der Waals surface area contributed by atoms with E-state index >= 15 is 0 Å². The summed E-state index contributed by atoms with van der Waals surface area (Å²) in [6, 6.07) is 13.0. The number of hydrogen-bond acceptors (Lipinski definition) is 2. The van der Waals surface area contributed by atoms with Gasteiger partial charge in [0.05, 0.1) is 24.7 Å². The Morgan fingerprint density at radius 3 is 2.80 bits per heavy atom. The summed E-state index contributed by atoms with van der Waals surface area (Å²) in [5, 5.41) is 0.650. The lowest BCUT2D eigenvalue weighted by Crippen LogP contribution is -2.17. The van der Waals surface area contributed by atoms with Crippen LogP contribution in [0.1, 0.15) is 5.56 Å². The van der Waals surface area contributed by atoms with Crippen molar-refractivity contribution in [3.63, 3.8) is 0 Å². The van der Waals surface area contributed by atoms with Crippen molar-refractivity contribution >= 4 is 22.6 Å². The van der Waals surface area contributed by atoms with Gasteiger partial charge in [0.15, 0.2) is 0 Å². The monoisotopic (exact) mass is 288 g/mol. The topological polar surface area (TPSA) is 47.0 Å². The van der Waals surface area contributed by atoms with Gasteiger partial charge in [-0.25, -0.2) is 4.79 Å². The second-order valence-corrected chi connectivity index (χ2v) is 4.90. The van der Waals surface area contributed by atoms with E-state index in [0.717, 1.165) is 16.6 Å². The van der Waals surface area contributed by atoms with Crippen molar-refractivity contribution < 1.29 is 4.74 Å². The largest absolute Gasteiger partial charge is 0.497 e. The molecular formula is C15H13ClN2O2. The molecular weight excluding hydrogens is 276 g/mol. The average Bonchev–Trinajstić information content (AvgIpc) is 2.77. The van der Waals surface area contributed by atoms with E-state index in [4.69, 9.17) is 16.3 Å². The van der Waals surface area contributed by atoms with Gasteiger partial charge >= 0.3 is 5.69 Å². The molecule has 0 aliphatic carbocycles. The van der Waals surface area contributed by atoms with Gasteiger partial charge in [0, 0.05) is 11.1 Å². The van der Waals surface area contributed by atoms with E-state index in [1.54, 1.807) is 11.7 Å². The SMILES string of the molecule is COc1ccc2[nH]c(=O)n(Cc3ccccc3Cl)c2c1. The summed E-state index contributed by atoms with van der Waals surface area (Å²) in [6.07, 6.45) is 0. The third-order valence-electron chi connectivity index (χ3n) is 3.27. The third kappa shape index (κ3) is 2.18. The van der Waals surface area contributed by atoms with Crippen molar-refractivity contribution in [2.45, 2.75) is 6.54 Å². The van der Waals surface area contributed by atoms with Gasteiger partial charge in [-0.1, -0.05) is 29.8 Å². The summed E-state index contributed by atoms with van der Waals surface area (Å²) in [5.74, 6) is 0.712. The predicted molar refractivity (Wildman–Crippen MR) is 79.7 cm³/mol. The van der Waals surface area contributed by atoms with Crippen molar-refractivity contribution in [3.8, 4) is 5.75 Å². The molecule has 0 spiro atoms. The van der Waals surface area contributed by atoms with E-state index in [0.29, 0.717) is 17.3 Å². The fraction of sp³-hybridized carbons (Fsp3) is 0.133. The number of H-pyrrole nitrogens is 1. The van der Waals surface area contributed by atoms with Crippen LogP contribution in [-0.4, -0.2) is 16.7 Å². The molecule has 0 atom stereocenters. The Labute approximate surface area is 120 Å². The molecule has 0 amide bonds. The highest BCUT2D eigenvalue weighted by molar-refractivity contribution is 6.31. The Balaban J connectivity index is 2.13. The Morgan fingerprint density at radius 2 is 2.05 bits per heavy atom. The molecule has 2 aromatic carbocycles. The van der Waals surface area contributed by atoms with Crippen LogP contribution < -0.4 is 10.4 Å². The molecule has 0 saturated heterocycles. The molecule has 1 aromatic heterocycles. The number of fused-ring (bicyclic) bond motifs is 1. The molecule has 0 unspecified atom stereocenters. The van der Waals surface area contributed by atoms with Gasteiger partial charge in [0.2, 0.25) is 0 Å². The minimum Gasteiger partial charge on any atom is -0.497 e. The fourth-order valence-corrected chi connectivity index (χ4v) is 2.41. The van der Waals surface area contributed by atoms with Crippen LogP contribution in [0.5, 0.6) is 5.75 Å². The van der Waals surface area contributed by atoms with Crippen molar-refractivity contribution in [3.05, 3.63) is 63.5 Å². The maximum Gasteiger partial charge on any atom is 0.326 e. The number of aromatic nitrogens is 2. The van der Waals surface area contributed by atoms with E-state index in [1.165, 1.54) is 0 Å². The summed E-state index contributed by atoms with van der Waals surface area (Å²) in [6.45, 7) is 0.422. The van der Waals surface area contributed by atoms with Crippen LogP contribution in [0.3, 0.4) is 0 Å². The lowest BCUT2D eigenvalue weighted by Gasteiger charge is -2.06. The normalized spacial score (nSPS) is 10.9. The van der Waals surface area contributed by atoms with E-state index in [9.17, 15) is 4.79 Å². The maximum atomic E-state index is 12.1. The lowest BCUT2D eigenvalue weighted by atomic mass is 10.2. The number of nitrogens with one attached hydrogen (secondary N) is 1. The van der Waals surface area contributed by atoms with Crippen LogP contribution >= 0.6 is 11.6 Å². The van der Waals surface area contributed by atoms with Crippen LogP contribution in [-0.2, 0) is 6.54 Å². The number of rotatable bonds is 3. The number of benzene rings is 2. The molecule has 0 aliphatic heterocycles. The van der Waals surface area contributed by atoms with Crippen molar-refractivity contribution in [1.29, 1.82) is 0 Å². The summed E-state index contributed by atoms with van der Waals surface area (Å²) >= 11 is 6.15. The predicted octanol–water partition coefficient (Wildman–Crippen LogP) is 3.04. The van der Waals surface area contributed by atoms with Gasteiger partial charge in [0.1, 0.15) is 5.75 Å². The summed E-state index contributed by atoms with van der Waals surface area (Å²) in [4.78, 5) is 14.9. The zero-order valence-electron chi connectivity index (χ0n) is 10.9. The number of imidazole rings is 1. The standard InChI is InChI=1S/C15H13ClN2O2/c1-20-11-6-7-13-14(8-11)18(15(19)17-13)9-10-4-2-3-5-12(10)16/h2-8H,9H2,1H3,(H,17,19). The summed E-state index contributed by atoms with van der Waals surface area (Å²) in [5.41, 5.74) is 2.32. The molecule has 0 radical (unpaired) electrons. The Bertz CT molecular complexity index is 820. The Hall–Kier alpha value is -2.20. The molecule has 102 valence electrons. The molecule has 3 aromatic rings. The summed E-state index contributed by atoms with van der Waals surface area (Å²) in [7, 11) is 1.60. The Kier molecular flexibility index (Phi) is 3.24. The van der Waals surface area contributed by atoms with E-state index in [2.05, 4.69) is 4.98 Å². The zero-order valence-corrected chi connectivity index (χ0v) is 11.6. The minimum absolute atomic E-state index is 0.159. The van der Waals surface area contributed by atoms with Crippen molar-refractivity contribution in [1.82, 2.24) is 9.55 Å². The lowest BCUT2D eigenvalue weighted by molar-refractivity contribution is 0.415. The smallest absolute Gasteiger partial charge is 0.326 e. The van der Waals surface area contributed by atoms with Crippen LogP contribution in [0.15, 0.2) is 47.3 Å². The van der Waals surface area contributed by atoms with Crippen LogP contribution in [0.4, 0.5) is 0 Å². The molecule has 1 N–H and O–H groups in total. The van der Waals surface area contributed by atoms with Gasteiger partial charge in [-0.15, -0.1) is 0 Å². The number of methoxy groups -OCH3 is 1. The zero-order chi connectivity index (χ0) is 14.1. The highest BCUT2D eigenvalue weighted by Crippen LogP contribution is 2.21. The highest BCUT2D eigenvalue weighted by atomic mass is 35.5. The number of nitrogens with zero attached hydrogens (tertiary/aromatic N) is 1. The number of hydrogen-bond donors (Lipinski definition) is 1. The fourth-order valence-electron chi connectivity index (χ4n) is 2.21. The van der Waals surface area contributed by atoms with E-state index < -0.39 is 0 Å². The van der Waals surface area contributed by atoms with Gasteiger partial charge in [-0.2, -0.15) is 0 Å². The van der Waals surface area contributed by atoms with Crippen LogP contribution in [0, 0.1) is 0 Å². The molecule has 5 heteroatoms. The molecule has 0 saturated carbocycles. The average molecular weight is 289 g/mol. The number of aromatic amines is 1. The first-order valence-corrected chi connectivity index (χ1v) is 6.57. The first kappa shape index (κ1) is 12.8. The number of ether oxygens (including phenoxy) is 1. The third-order valence-corrected chi connectivity index (χ3v) is 3.64. The number of halogens is 1. The summed E-state index contributed by atoms with van der Waals surface area (Å²) < 4.78 is 6.86. The molecule has 0 aliphatic rings.